The Morgan fingerprint density at radius 2 is 1.80 bits per heavy atom. The molecule has 0 radical (unpaired) electrons. The molecular formula is C37H28BrClN4O5S. The molecule has 0 bridgehead atoms. The topological polar surface area (TPSA) is 106 Å². The quantitative estimate of drug-likeness (QED) is 0.0776. The molecule has 0 saturated carbocycles. The summed E-state index contributed by atoms with van der Waals surface area (Å²) < 4.78 is 18.1. The van der Waals surface area contributed by atoms with Crippen LogP contribution in [0.5, 0.6) is 11.5 Å². The SMILES string of the molecule is O=C(COc1ccc(Br)cc1/C=C1\S/C(=N\N=C\c2cccc(OCc3ccccc3)c2)N(Cc2ccco2)C1=O)Nc1ccc(Cl)cc1. The second-order valence-corrected chi connectivity index (χ2v) is 12.9. The van der Waals surface area contributed by atoms with Crippen LogP contribution >= 0.6 is 39.3 Å². The van der Waals surface area contributed by atoms with E-state index in [1.807, 2.05) is 60.7 Å². The minimum atomic E-state index is -0.347. The zero-order chi connectivity index (χ0) is 34.0. The van der Waals surface area contributed by atoms with E-state index in [1.54, 1.807) is 67.1 Å². The van der Waals surface area contributed by atoms with E-state index in [0.717, 1.165) is 15.6 Å². The highest BCUT2D eigenvalue weighted by atomic mass is 79.9. The van der Waals surface area contributed by atoms with Crippen molar-refractivity contribution in [3.05, 3.63) is 152 Å². The first-order valence-corrected chi connectivity index (χ1v) is 17.0. The number of hydrogen-bond donors (Lipinski definition) is 1. The van der Waals surface area contributed by atoms with E-state index in [-0.39, 0.29) is 25.0 Å². The van der Waals surface area contributed by atoms with Crippen molar-refractivity contribution < 1.29 is 23.5 Å². The maximum atomic E-state index is 13.7. The Balaban J connectivity index is 1.18. The van der Waals surface area contributed by atoms with E-state index < -0.39 is 0 Å². The van der Waals surface area contributed by atoms with Gasteiger partial charge in [-0.1, -0.05) is 70.0 Å². The number of carbonyl (C=O) groups is 2. The van der Waals surface area contributed by atoms with E-state index >= 15 is 0 Å². The average molecular weight is 756 g/mol. The van der Waals surface area contributed by atoms with Crippen molar-refractivity contribution in [1.29, 1.82) is 0 Å². The van der Waals surface area contributed by atoms with Gasteiger partial charge in [-0.25, -0.2) is 0 Å². The Bertz CT molecular complexity index is 2020. The molecule has 0 unspecified atom stereocenters. The molecule has 2 heterocycles. The predicted molar refractivity (Wildman–Crippen MR) is 197 cm³/mol. The smallest absolute Gasteiger partial charge is 0.267 e. The molecule has 9 nitrogen and oxygen atoms in total. The monoisotopic (exact) mass is 754 g/mol. The number of anilines is 1. The Labute approximate surface area is 300 Å². The lowest BCUT2D eigenvalue weighted by molar-refractivity contribution is -0.122. The summed E-state index contributed by atoms with van der Waals surface area (Å²) in [6, 6.07) is 33.1. The maximum absolute atomic E-state index is 13.7. The number of carbonyl (C=O) groups excluding carboxylic acids is 2. The Hall–Kier alpha value is -5.10. The van der Waals surface area contributed by atoms with Gasteiger partial charge in [0.1, 0.15) is 23.9 Å². The Morgan fingerprint density at radius 1 is 0.959 bits per heavy atom. The van der Waals surface area contributed by atoms with E-state index in [4.69, 9.17) is 25.5 Å². The van der Waals surface area contributed by atoms with Crippen molar-refractivity contribution in [2.75, 3.05) is 11.9 Å². The lowest BCUT2D eigenvalue weighted by atomic mass is 10.2. The van der Waals surface area contributed by atoms with Crippen LogP contribution in [-0.2, 0) is 22.7 Å². The van der Waals surface area contributed by atoms with Crippen LogP contribution in [0.25, 0.3) is 6.08 Å². The van der Waals surface area contributed by atoms with Crippen LogP contribution in [0.1, 0.15) is 22.5 Å². The fraction of sp³-hybridized carbons (Fsp3) is 0.0811. The summed E-state index contributed by atoms with van der Waals surface area (Å²) >= 11 is 10.6. The number of rotatable bonds is 12. The van der Waals surface area contributed by atoms with Crippen molar-refractivity contribution >= 4 is 74.3 Å². The van der Waals surface area contributed by atoms with Gasteiger partial charge in [0, 0.05) is 20.7 Å². The number of amides is 2. The minimum Gasteiger partial charge on any atom is -0.489 e. The molecule has 1 aromatic heterocycles. The molecule has 4 aromatic carbocycles. The highest BCUT2D eigenvalue weighted by Gasteiger charge is 2.34. The number of thioether (sulfide) groups is 1. The molecule has 1 aliphatic heterocycles. The number of amidine groups is 1. The van der Waals surface area contributed by atoms with Crippen molar-refractivity contribution in [1.82, 2.24) is 4.90 Å². The summed E-state index contributed by atoms with van der Waals surface area (Å²) in [5, 5.41) is 12.4. The number of nitrogens with zero attached hydrogens (tertiary/aromatic N) is 3. The molecule has 0 aliphatic carbocycles. The van der Waals surface area contributed by atoms with Crippen LogP contribution in [0, 0.1) is 0 Å². The Morgan fingerprint density at radius 3 is 2.59 bits per heavy atom. The normalized spacial score (nSPS) is 14.6. The van der Waals surface area contributed by atoms with Crippen LogP contribution in [0.15, 0.2) is 139 Å². The summed E-state index contributed by atoms with van der Waals surface area (Å²) in [5.41, 5.74) is 3.05. The maximum Gasteiger partial charge on any atom is 0.267 e. The first-order valence-electron chi connectivity index (χ1n) is 15.0. The predicted octanol–water partition coefficient (Wildman–Crippen LogP) is 8.80. The molecule has 1 fully saturated rings. The summed E-state index contributed by atoms with van der Waals surface area (Å²) in [5.74, 6) is 1.09. The standard InChI is InChI=1S/C37H28BrClN4O5S/c38-28-11-16-33(48-24-35(44)41-30-14-12-29(39)13-15-30)27(19-28)20-34-36(45)43(22-32-10-5-17-46-32)37(49-34)42-40-21-26-8-4-9-31(18-26)47-23-25-6-2-1-3-7-25/h1-21H,22-24H2,(H,41,44)/b34-20-,40-21+,42-37-. The van der Waals surface area contributed by atoms with Crippen LogP contribution in [0.3, 0.4) is 0 Å². The van der Waals surface area contributed by atoms with Gasteiger partial charge in [-0.15, -0.1) is 5.10 Å². The molecule has 49 heavy (non-hydrogen) atoms. The van der Waals surface area contributed by atoms with Gasteiger partial charge in [0.2, 0.25) is 0 Å². The van der Waals surface area contributed by atoms with E-state index in [2.05, 4.69) is 31.4 Å². The molecular weight excluding hydrogens is 728 g/mol. The third-order valence-corrected chi connectivity index (χ3v) is 8.73. The number of nitrogens with one attached hydrogen (secondary N) is 1. The number of ether oxygens (including phenoxy) is 2. The molecule has 5 aromatic rings. The largest absolute Gasteiger partial charge is 0.489 e. The van der Waals surface area contributed by atoms with Crippen LogP contribution < -0.4 is 14.8 Å². The lowest BCUT2D eigenvalue weighted by Crippen LogP contribution is -2.28. The summed E-state index contributed by atoms with van der Waals surface area (Å²) in [6.45, 7) is 0.368. The highest BCUT2D eigenvalue weighted by molar-refractivity contribution is 9.10. The van der Waals surface area contributed by atoms with Gasteiger partial charge in [0.25, 0.3) is 11.8 Å². The van der Waals surface area contributed by atoms with Crippen LogP contribution in [0.4, 0.5) is 5.69 Å². The minimum absolute atomic E-state index is 0.167. The number of furan rings is 1. The summed E-state index contributed by atoms with van der Waals surface area (Å²) in [4.78, 5) is 28.2. The lowest BCUT2D eigenvalue weighted by Gasteiger charge is -2.13. The zero-order valence-corrected chi connectivity index (χ0v) is 29.0. The van der Waals surface area contributed by atoms with E-state index in [1.165, 1.54) is 16.7 Å². The summed E-state index contributed by atoms with van der Waals surface area (Å²) in [7, 11) is 0. The molecule has 246 valence electrons. The fourth-order valence-electron chi connectivity index (χ4n) is 4.63. The highest BCUT2D eigenvalue weighted by Crippen LogP contribution is 2.36. The number of halogens is 2. The summed E-state index contributed by atoms with van der Waals surface area (Å²) in [6.07, 6.45) is 4.87. The van der Waals surface area contributed by atoms with Gasteiger partial charge in [0.05, 0.1) is 23.9 Å². The van der Waals surface area contributed by atoms with Crippen molar-refractivity contribution in [2.45, 2.75) is 13.2 Å². The van der Waals surface area contributed by atoms with E-state index in [0.29, 0.717) is 50.2 Å². The van der Waals surface area contributed by atoms with Gasteiger partial charge < -0.3 is 19.2 Å². The van der Waals surface area contributed by atoms with Gasteiger partial charge in [-0.05, 0) is 95.7 Å². The Kier molecular flexibility index (Phi) is 11.3. The molecule has 12 heteroatoms. The molecule has 2 amide bonds. The third-order valence-electron chi connectivity index (χ3n) is 6.98. The molecule has 6 rings (SSSR count). The molecule has 1 saturated heterocycles. The number of hydrogen-bond acceptors (Lipinski definition) is 8. The second-order valence-electron chi connectivity index (χ2n) is 10.6. The van der Waals surface area contributed by atoms with Gasteiger partial charge in [-0.2, -0.15) is 5.10 Å². The molecule has 1 aliphatic rings. The second kappa shape index (κ2) is 16.3. The van der Waals surface area contributed by atoms with Crippen molar-refractivity contribution in [3.63, 3.8) is 0 Å². The van der Waals surface area contributed by atoms with Crippen LogP contribution in [0.2, 0.25) is 5.02 Å². The third kappa shape index (κ3) is 9.50. The average Bonchev–Trinajstić information content (AvgIpc) is 3.73. The molecule has 1 N–H and O–H groups in total. The molecule has 0 spiro atoms. The fourth-order valence-corrected chi connectivity index (χ4v) is 6.06. The van der Waals surface area contributed by atoms with Crippen molar-refractivity contribution in [3.8, 4) is 11.5 Å². The van der Waals surface area contributed by atoms with Crippen LogP contribution in [-0.4, -0.2) is 34.7 Å². The van der Waals surface area contributed by atoms with Gasteiger partial charge in [-0.3, -0.25) is 14.5 Å². The first kappa shape index (κ1) is 33.8. The van der Waals surface area contributed by atoms with E-state index in [9.17, 15) is 9.59 Å². The zero-order valence-electron chi connectivity index (χ0n) is 25.8. The van der Waals surface area contributed by atoms with Crippen molar-refractivity contribution in [2.24, 2.45) is 10.2 Å². The first-order chi connectivity index (χ1) is 23.9. The molecule has 0 atom stereocenters. The number of benzene rings is 4. The van der Waals surface area contributed by atoms with Gasteiger partial charge in [0.15, 0.2) is 11.8 Å². The van der Waals surface area contributed by atoms with Gasteiger partial charge >= 0.3 is 0 Å².